The highest BCUT2D eigenvalue weighted by Crippen LogP contribution is 2.34. The van der Waals surface area contributed by atoms with Crippen molar-refractivity contribution in [1.29, 1.82) is 0 Å². The number of carbonyl (C=O) groups excluding carboxylic acids is 1. The van der Waals surface area contributed by atoms with E-state index in [1.807, 2.05) is 0 Å². The van der Waals surface area contributed by atoms with E-state index < -0.39 is 30.1 Å². The van der Waals surface area contributed by atoms with E-state index >= 15 is 0 Å². The zero-order chi connectivity index (χ0) is 11.8. The highest BCUT2D eigenvalue weighted by Gasteiger charge is 2.52. The number of aliphatic hydroxyl groups is 2. The summed E-state index contributed by atoms with van der Waals surface area (Å²) >= 11 is 0. The molecule has 1 aliphatic carbocycles. The Labute approximate surface area is 92.4 Å². The van der Waals surface area contributed by atoms with E-state index in [2.05, 4.69) is 0 Å². The van der Waals surface area contributed by atoms with Crippen LogP contribution in [0.5, 0.6) is 0 Å². The van der Waals surface area contributed by atoms with Crippen LogP contribution in [0.4, 0.5) is 0 Å². The van der Waals surface area contributed by atoms with E-state index in [1.165, 1.54) is 19.1 Å². The molecule has 6 heteroatoms. The Morgan fingerprint density at radius 1 is 1.44 bits per heavy atom. The van der Waals surface area contributed by atoms with E-state index in [4.69, 9.17) is 14.2 Å². The first kappa shape index (κ1) is 11.5. The second-order valence-electron chi connectivity index (χ2n) is 3.79. The van der Waals surface area contributed by atoms with Gasteiger partial charge in [0.15, 0.2) is 6.10 Å². The third-order valence-corrected chi connectivity index (χ3v) is 2.61. The van der Waals surface area contributed by atoms with Crippen LogP contribution in [0.15, 0.2) is 12.2 Å². The number of aliphatic hydroxyl groups excluding tert-OH is 2. The zero-order valence-corrected chi connectivity index (χ0v) is 8.83. The highest BCUT2D eigenvalue weighted by atomic mass is 16.8. The molecule has 2 rings (SSSR count). The molecule has 2 N–H and O–H groups in total. The van der Waals surface area contributed by atoms with Crippen LogP contribution in [-0.4, -0.2) is 53.5 Å². The van der Waals surface area contributed by atoms with Gasteiger partial charge in [-0.3, -0.25) is 4.79 Å². The molecule has 2 aliphatic rings. The third-order valence-electron chi connectivity index (χ3n) is 2.61. The quantitative estimate of drug-likeness (QED) is 0.442. The molecule has 1 spiro atoms. The lowest BCUT2D eigenvalue weighted by Gasteiger charge is -2.39. The van der Waals surface area contributed by atoms with Crippen molar-refractivity contribution in [2.45, 2.75) is 31.0 Å². The largest absolute Gasteiger partial charge is 0.453 e. The number of esters is 1. The standard InChI is InChI=1S/C10H14O6/c1-6(11)16-9-8(13)7(12)2-3-10(9)14-4-5-15-10/h2-3,7-9,12-13H,4-5H2,1H3/t7-,8-,9-/m1/s1. The van der Waals surface area contributed by atoms with Crippen molar-refractivity contribution >= 4 is 5.97 Å². The van der Waals surface area contributed by atoms with Crippen molar-refractivity contribution in [2.24, 2.45) is 0 Å². The summed E-state index contributed by atoms with van der Waals surface area (Å²) in [6.45, 7) is 1.93. The monoisotopic (exact) mass is 230 g/mol. The molecule has 1 aliphatic heterocycles. The van der Waals surface area contributed by atoms with Crippen LogP contribution < -0.4 is 0 Å². The Kier molecular flexibility index (Phi) is 2.98. The van der Waals surface area contributed by atoms with Crippen molar-refractivity contribution in [3.63, 3.8) is 0 Å². The van der Waals surface area contributed by atoms with E-state index in [-0.39, 0.29) is 0 Å². The van der Waals surface area contributed by atoms with Gasteiger partial charge < -0.3 is 24.4 Å². The maximum absolute atomic E-state index is 11.0. The van der Waals surface area contributed by atoms with Crippen LogP contribution >= 0.6 is 0 Å². The average Bonchev–Trinajstić information content (AvgIpc) is 2.69. The summed E-state index contributed by atoms with van der Waals surface area (Å²) in [5.74, 6) is -1.82. The van der Waals surface area contributed by atoms with E-state index in [1.54, 1.807) is 0 Å². The molecule has 0 amide bonds. The Morgan fingerprint density at radius 3 is 2.62 bits per heavy atom. The summed E-state index contributed by atoms with van der Waals surface area (Å²) in [5.41, 5.74) is 0. The highest BCUT2D eigenvalue weighted by molar-refractivity contribution is 5.66. The van der Waals surface area contributed by atoms with E-state index in [0.29, 0.717) is 13.2 Å². The van der Waals surface area contributed by atoms with Gasteiger partial charge in [0.1, 0.15) is 12.2 Å². The van der Waals surface area contributed by atoms with Crippen molar-refractivity contribution in [3.05, 3.63) is 12.2 Å². The van der Waals surface area contributed by atoms with Crippen molar-refractivity contribution < 1.29 is 29.2 Å². The summed E-state index contributed by atoms with van der Waals surface area (Å²) in [5, 5.41) is 19.2. The lowest BCUT2D eigenvalue weighted by Crippen LogP contribution is -2.57. The Morgan fingerprint density at radius 2 is 2.06 bits per heavy atom. The van der Waals surface area contributed by atoms with Gasteiger partial charge in [-0.1, -0.05) is 6.08 Å². The average molecular weight is 230 g/mol. The Hall–Kier alpha value is -0.950. The minimum Gasteiger partial charge on any atom is -0.453 e. The van der Waals surface area contributed by atoms with Gasteiger partial charge >= 0.3 is 5.97 Å². The van der Waals surface area contributed by atoms with Gasteiger partial charge in [0.25, 0.3) is 0 Å². The Balaban J connectivity index is 2.26. The van der Waals surface area contributed by atoms with Gasteiger partial charge in [-0.15, -0.1) is 0 Å². The molecule has 90 valence electrons. The molecule has 1 heterocycles. The number of ether oxygens (including phenoxy) is 3. The maximum Gasteiger partial charge on any atom is 0.303 e. The second kappa shape index (κ2) is 4.14. The molecule has 1 fully saturated rings. The molecule has 0 saturated carbocycles. The number of carbonyl (C=O) groups is 1. The minimum atomic E-state index is -1.26. The second-order valence-corrected chi connectivity index (χ2v) is 3.79. The fourth-order valence-electron chi connectivity index (χ4n) is 1.89. The SMILES string of the molecule is CC(=O)O[C@@H]1[C@H](O)[C@H](O)C=CC12OCCO2. The van der Waals surface area contributed by atoms with Crippen LogP contribution in [0, 0.1) is 0 Å². The summed E-state index contributed by atoms with van der Waals surface area (Å²) in [6.07, 6.45) is -0.552. The molecule has 0 aromatic carbocycles. The van der Waals surface area contributed by atoms with Gasteiger partial charge in [0.05, 0.1) is 13.2 Å². The van der Waals surface area contributed by atoms with Gasteiger partial charge in [-0.25, -0.2) is 0 Å². The summed E-state index contributed by atoms with van der Waals surface area (Å²) < 4.78 is 15.7. The summed E-state index contributed by atoms with van der Waals surface area (Å²) in [7, 11) is 0. The smallest absolute Gasteiger partial charge is 0.303 e. The molecule has 0 radical (unpaired) electrons. The van der Waals surface area contributed by atoms with Crippen LogP contribution in [0.3, 0.4) is 0 Å². The van der Waals surface area contributed by atoms with Crippen molar-refractivity contribution in [2.75, 3.05) is 13.2 Å². The first-order chi connectivity index (χ1) is 7.55. The van der Waals surface area contributed by atoms with Gasteiger partial charge in [-0.05, 0) is 6.08 Å². The first-order valence-corrected chi connectivity index (χ1v) is 5.06. The number of hydrogen-bond donors (Lipinski definition) is 2. The Bertz CT molecular complexity index is 306. The molecule has 3 atom stereocenters. The molecule has 1 saturated heterocycles. The van der Waals surface area contributed by atoms with E-state index in [9.17, 15) is 15.0 Å². The minimum absolute atomic E-state index is 0.352. The third kappa shape index (κ3) is 1.84. The van der Waals surface area contributed by atoms with Crippen LogP contribution in [0.25, 0.3) is 0 Å². The van der Waals surface area contributed by atoms with E-state index in [0.717, 1.165) is 0 Å². The fraction of sp³-hybridized carbons (Fsp3) is 0.700. The molecule has 16 heavy (non-hydrogen) atoms. The fourth-order valence-corrected chi connectivity index (χ4v) is 1.89. The van der Waals surface area contributed by atoms with Crippen LogP contribution in [0.2, 0.25) is 0 Å². The predicted molar refractivity (Wildman–Crippen MR) is 51.3 cm³/mol. The van der Waals surface area contributed by atoms with Gasteiger partial charge in [-0.2, -0.15) is 0 Å². The summed E-state index contributed by atoms with van der Waals surface area (Å²) in [6, 6.07) is 0. The molecule has 0 bridgehead atoms. The van der Waals surface area contributed by atoms with Gasteiger partial charge in [0.2, 0.25) is 5.79 Å². The summed E-state index contributed by atoms with van der Waals surface area (Å²) in [4.78, 5) is 11.0. The number of rotatable bonds is 1. The molecular formula is C10H14O6. The molecule has 0 aromatic rings. The van der Waals surface area contributed by atoms with Crippen LogP contribution in [0.1, 0.15) is 6.92 Å². The van der Waals surface area contributed by atoms with Crippen LogP contribution in [-0.2, 0) is 19.0 Å². The van der Waals surface area contributed by atoms with Crippen molar-refractivity contribution in [1.82, 2.24) is 0 Å². The molecular weight excluding hydrogens is 216 g/mol. The number of hydrogen-bond acceptors (Lipinski definition) is 6. The lowest BCUT2D eigenvalue weighted by atomic mass is 9.93. The first-order valence-electron chi connectivity index (χ1n) is 5.06. The normalized spacial score (nSPS) is 36.6. The predicted octanol–water partition coefficient (Wildman–Crippen LogP) is -1.05. The molecule has 0 unspecified atom stereocenters. The van der Waals surface area contributed by atoms with Gasteiger partial charge in [0, 0.05) is 6.92 Å². The molecule has 0 aromatic heterocycles. The topological polar surface area (TPSA) is 85.2 Å². The zero-order valence-electron chi connectivity index (χ0n) is 8.83. The van der Waals surface area contributed by atoms with Crippen molar-refractivity contribution in [3.8, 4) is 0 Å². The lowest BCUT2D eigenvalue weighted by molar-refractivity contribution is -0.239. The maximum atomic E-state index is 11.0. The molecule has 6 nitrogen and oxygen atoms in total.